The van der Waals surface area contributed by atoms with Crippen LogP contribution in [0.5, 0.6) is 11.5 Å². The maximum absolute atomic E-state index is 5.90. The lowest BCUT2D eigenvalue weighted by atomic mass is 10.2. The van der Waals surface area contributed by atoms with Crippen LogP contribution in [0.15, 0.2) is 46.9 Å². The summed E-state index contributed by atoms with van der Waals surface area (Å²) in [6.45, 7) is 0. The maximum Gasteiger partial charge on any atom is 0.150 e. The molecule has 0 aliphatic rings. The number of ether oxygens (including phenoxy) is 1. The van der Waals surface area contributed by atoms with E-state index in [-0.39, 0.29) is 0 Å². The molecule has 0 bridgehead atoms. The molecule has 2 N–H and O–H groups in total. The second-order valence-corrected chi connectivity index (χ2v) is 5.09. The second kappa shape index (κ2) is 5.31. The minimum atomic E-state index is 0.611. The van der Waals surface area contributed by atoms with Crippen LogP contribution in [0.4, 0.5) is 11.4 Å². The van der Waals surface area contributed by atoms with Crippen LogP contribution in [0.3, 0.4) is 0 Å². The normalized spacial score (nSPS) is 10.2. The van der Waals surface area contributed by atoms with Gasteiger partial charge in [0.15, 0.2) is 0 Å². The molecule has 3 nitrogen and oxygen atoms in total. The van der Waals surface area contributed by atoms with E-state index >= 15 is 0 Å². The lowest BCUT2D eigenvalue weighted by Gasteiger charge is -2.14. The third-order valence-electron chi connectivity index (χ3n) is 2.53. The Balaban J connectivity index is 2.25. The van der Waals surface area contributed by atoms with Crippen LogP contribution in [-0.4, -0.2) is 14.1 Å². The van der Waals surface area contributed by atoms with E-state index in [4.69, 9.17) is 10.5 Å². The summed E-state index contributed by atoms with van der Waals surface area (Å²) in [5.74, 6) is 1.43. The van der Waals surface area contributed by atoms with Crippen molar-refractivity contribution in [3.8, 4) is 11.5 Å². The molecule has 0 unspecified atom stereocenters. The minimum Gasteiger partial charge on any atom is -0.455 e. The van der Waals surface area contributed by atoms with E-state index in [2.05, 4.69) is 15.9 Å². The van der Waals surface area contributed by atoms with Gasteiger partial charge in [0.25, 0.3) is 0 Å². The van der Waals surface area contributed by atoms with E-state index in [0.717, 1.165) is 15.9 Å². The molecule has 0 atom stereocenters. The Morgan fingerprint density at radius 3 is 2.56 bits per heavy atom. The van der Waals surface area contributed by atoms with Gasteiger partial charge in [-0.3, -0.25) is 0 Å². The second-order valence-electron chi connectivity index (χ2n) is 4.18. The van der Waals surface area contributed by atoms with Crippen LogP contribution in [0.25, 0.3) is 0 Å². The Morgan fingerprint density at radius 2 is 1.89 bits per heavy atom. The Labute approximate surface area is 115 Å². The van der Waals surface area contributed by atoms with Crippen LogP contribution < -0.4 is 15.4 Å². The molecular formula is C14H15BrN2O. The first kappa shape index (κ1) is 12.8. The molecule has 0 radical (unpaired) electrons. The van der Waals surface area contributed by atoms with Gasteiger partial charge in [0, 0.05) is 30.3 Å². The summed E-state index contributed by atoms with van der Waals surface area (Å²) in [6.07, 6.45) is 0. The average molecular weight is 307 g/mol. The monoisotopic (exact) mass is 306 g/mol. The molecule has 18 heavy (non-hydrogen) atoms. The molecule has 0 fully saturated rings. The van der Waals surface area contributed by atoms with E-state index in [1.165, 1.54) is 0 Å². The van der Waals surface area contributed by atoms with Crippen LogP contribution in [0, 0.1) is 0 Å². The van der Waals surface area contributed by atoms with E-state index in [0.29, 0.717) is 11.4 Å². The smallest absolute Gasteiger partial charge is 0.150 e. The molecule has 0 amide bonds. The fraction of sp³-hybridized carbons (Fsp3) is 0.143. The van der Waals surface area contributed by atoms with Crippen molar-refractivity contribution < 1.29 is 4.74 Å². The van der Waals surface area contributed by atoms with Gasteiger partial charge in [0.05, 0.1) is 5.69 Å². The van der Waals surface area contributed by atoms with Crippen LogP contribution in [0.1, 0.15) is 0 Å². The molecule has 2 aromatic carbocycles. The number of anilines is 2. The zero-order valence-corrected chi connectivity index (χ0v) is 11.9. The van der Waals surface area contributed by atoms with Gasteiger partial charge in [-0.1, -0.05) is 22.0 Å². The van der Waals surface area contributed by atoms with Gasteiger partial charge in [-0.2, -0.15) is 0 Å². The topological polar surface area (TPSA) is 38.5 Å². The number of nitrogens with zero attached hydrogens (tertiary/aromatic N) is 1. The molecule has 0 aromatic heterocycles. The molecule has 2 aromatic rings. The third kappa shape index (κ3) is 2.96. The van der Waals surface area contributed by atoms with Crippen molar-refractivity contribution in [2.45, 2.75) is 0 Å². The molecule has 0 saturated carbocycles. The van der Waals surface area contributed by atoms with Gasteiger partial charge >= 0.3 is 0 Å². The zero-order valence-electron chi connectivity index (χ0n) is 10.4. The van der Waals surface area contributed by atoms with E-state index in [1.807, 2.05) is 61.5 Å². The van der Waals surface area contributed by atoms with Gasteiger partial charge in [-0.15, -0.1) is 0 Å². The predicted molar refractivity (Wildman–Crippen MR) is 79.4 cm³/mol. The summed E-state index contributed by atoms with van der Waals surface area (Å²) in [5.41, 5.74) is 7.60. The Kier molecular flexibility index (Phi) is 3.77. The fourth-order valence-corrected chi connectivity index (χ4v) is 1.94. The minimum absolute atomic E-state index is 0.611. The van der Waals surface area contributed by atoms with Crippen molar-refractivity contribution >= 4 is 27.3 Å². The first-order valence-corrected chi connectivity index (χ1v) is 6.36. The Bertz CT molecular complexity index is 555. The number of halogens is 1. The van der Waals surface area contributed by atoms with Crippen molar-refractivity contribution in [1.29, 1.82) is 0 Å². The lowest BCUT2D eigenvalue weighted by Crippen LogP contribution is -2.08. The Hall–Kier alpha value is -1.68. The number of nitrogen functional groups attached to an aromatic ring is 1. The quantitative estimate of drug-likeness (QED) is 0.874. The van der Waals surface area contributed by atoms with E-state index in [9.17, 15) is 0 Å². The van der Waals surface area contributed by atoms with Crippen molar-refractivity contribution in [2.75, 3.05) is 24.7 Å². The van der Waals surface area contributed by atoms with Gasteiger partial charge in [-0.05, 0) is 30.3 Å². The van der Waals surface area contributed by atoms with Gasteiger partial charge < -0.3 is 15.4 Å². The zero-order chi connectivity index (χ0) is 13.1. The van der Waals surface area contributed by atoms with Crippen LogP contribution in [0.2, 0.25) is 0 Å². The summed E-state index contributed by atoms with van der Waals surface area (Å²) in [6, 6.07) is 13.4. The lowest BCUT2D eigenvalue weighted by molar-refractivity contribution is 0.485. The predicted octanol–water partition coefficient (Wildman–Crippen LogP) is 3.89. The van der Waals surface area contributed by atoms with Crippen molar-refractivity contribution in [3.63, 3.8) is 0 Å². The highest BCUT2D eigenvalue weighted by molar-refractivity contribution is 9.10. The van der Waals surface area contributed by atoms with E-state index in [1.54, 1.807) is 0 Å². The maximum atomic E-state index is 5.90. The van der Waals surface area contributed by atoms with E-state index < -0.39 is 0 Å². The van der Waals surface area contributed by atoms with Gasteiger partial charge in [-0.25, -0.2) is 0 Å². The molecule has 2 rings (SSSR count). The SMILES string of the molecule is CN(C)c1cccc(Oc2ccc(Br)cc2N)c1. The molecule has 0 spiro atoms. The van der Waals surface area contributed by atoms with Crippen molar-refractivity contribution in [1.82, 2.24) is 0 Å². The highest BCUT2D eigenvalue weighted by atomic mass is 79.9. The summed E-state index contributed by atoms with van der Waals surface area (Å²) >= 11 is 3.37. The highest BCUT2D eigenvalue weighted by Gasteiger charge is 2.04. The molecule has 0 aliphatic carbocycles. The number of rotatable bonds is 3. The highest BCUT2D eigenvalue weighted by Crippen LogP contribution is 2.31. The van der Waals surface area contributed by atoms with Crippen molar-refractivity contribution in [3.05, 3.63) is 46.9 Å². The Morgan fingerprint density at radius 1 is 1.11 bits per heavy atom. The molecule has 0 aliphatic heterocycles. The first-order valence-electron chi connectivity index (χ1n) is 5.56. The van der Waals surface area contributed by atoms with Gasteiger partial charge in [0.1, 0.15) is 11.5 Å². The number of hydrogen-bond acceptors (Lipinski definition) is 3. The summed E-state index contributed by atoms with van der Waals surface area (Å²) < 4.78 is 6.72. The van der Waals surface area contributed by atoms with Crippen LogP contribution >= 0.6 is 15.9 Å². The van der Waals surface area contributed by atoms with Gasteiger partial charge in [0.2, 0.25) is 0 Å². The molecule has 94 valence electrons. The number of nitrogens with two attached hydrogens (primary N) is 1. The number of hydrogen-bond donors (Lipinski definition) is 1. The standard InChI is InChI=1S/C14H15BrN2O/c1-17(2)11-4-3-5-12(9-11)18-14-7-6-10(15)8-13(14)16/h3-9H,16H2,1-2H3. The summed E-state index contributed by atoms with van der Waals surface area (Å²) in [4.78, 5) is 2.03. The fourth-order valence-electron chi connectivity index (χ4n) is 1.56. The average Bonchev–Trinajstić information content (AvgIpc) is 2.33. The summed E-state index contributed by atoms with van der Waals surface area (Å²) in [7, 11) is 3.99. The first-order chi connectivity index (χ1) is 8.56. The largest absolute Gasteiger partial charge is 0.455 e. The van der Waals surface area contributed by atoms with Crippen molar-refractivity contribution in [2.24, 2.45) is 0 Å². The molecule has 0 heterocycles. The molecule has 4 heteroatoms. The van der Waals surface area contributed by atoms with Crippen LogP contribution in [-0.2, 0) is 0 Å². The number of benzene rings is 2. The summed E-state index contributed by atoms with van der Waals surface area (Å²) in [5, 5.41) is 0. The molecular weight excluding hydrogens is 292 g/mol. The third-order valence-corrected chi connectivity index (χ3v) is 3.03. The molecule has 0 saturated heterocycles.